The minimum absolute atomic E-state index is 0.0366. The number of piperazine rings is 1. The molecule has 1 N–H and O–H groups in total. The Hall–Kier alpha value is -3.22. The fraction of sp³-hybridized carbons (Fsp3) is 0.286. The monoisotopic (exact) mass is 470 g/mol. The number of benzene rings is 2. The van der Waals surface area contributed by atoms with E-state index in [1.807, 2.05) is 36.6 Å². The Labute approximate surface area is 205 Å². The molecule has 0 aliphatic carbocycles. The third kappa shape index (κ3) is 5.46. The molecule has 2 aromatic heterocycles. The summed E-state index contributed by atoms with van der Waals surface area (Å²) in [6.45, 7) is 7.20. The third-order valence-corrected chi connectivity index (χ3v) is 7.28. The molecular formula is C28H30N4OS. The van der Waals surface area contributed by atoms with Crippen LogP contribution >= 0.6 is 11.3 Å². The maximum absolute atomic E-state index is 12.3. The maximum Gasteiger partial charge on any atom is 0.229 e. The zero-order valence-corrected chi connectivity index (χ0v) is 20.4. The minimum atomic E-state index is 0.0366. The van der Waals surface area contributed by atoms with Gasteiger partial charge in [-0.05, 0) is 66.8 Å². The molecule has 0 spiro atoms. The highest BCUT2D eigenvalue weighted by molar-refractivity contribution is 7.10. The molecule has 1 aliphatic rings. The van der Waals surface area contributed by atoms with Crippen LogP contribution in [0.4, 0.5) is 11.4 Å². The van der Waals surface area contributed by atoms with Crippen molar-refractivity contribution in [3.8, 4) is 0 Å². The number of carbonyl (C=O) groups is 1. The Kier molecular flexibility index (Phi) is 6.88. The minimum Gasteiger partial charge on any atom is -0.368 e. The molecule has 0 saturated carbocycles. The number of amides is 1. The molecule has 5 rings (SSSR count). The zero-order valence-electron chi connectivity index (χ0n) is 19.5. The average molecular weight is 471 g/mol. The van der Waals surface area contributed by atoms with Gasteiger partial charge in [-0.25, -0.2) is 0 Å². The molecule has 174 valence electrons. The van der Waals surface area contributed by atoms with Crippen LogP contribution in [0.15, 0.2) is 72.1 Å². The van der Waals surface area contributed by atoms with E-state index in [-0.39, 0.29) is 5.91 Å². The Balaban J connectivity index is 1.13. The zero-order chi connectivity index (χ0) is 23.3. The number of thiophene rings is 1. The summed E-state index contributed by atoms with van der Waals surface area (Å²) in [5.41, 5.74) is 5.55. The number of nitrogens with zero attached hydrogens (tertiary/aromatic N) is 3. The van der Waals surface area contributed by atoms with Crippen molar-refractivity contribution in [1.82, 2.24) is 9.88 Å². The first kappa shape index (κ1) is 22.6. The average Bonchev–Trinajstić information content (AvgIpc) is 3.35. The molecule has 1 aliphatic heterocycles. The van der Waals surface area contributed by atoms with E-state index in [2.05, 4.69) is 62.6 Å². The van der Waals surface area contributed by atoms with Crippen LogP contribution in [0.25, 0.3) is 10.9 Å². The molecule has 1 amide bonds. The molecule has 5 nitrogen and oxygen atoms in total. The molecule has 1 fully saturated rings. The Morgan fingerprint density at radius 1 is 1.00 bits per heavy atom. The lowest BCUT2D eigenvalue weighted by molar-refractivity contribution is -0.115. The standard InChI is InChI=1S/C28H30N4OS/c1-21-10-11-25-26(29-21)8-3-9-27(25)32-16-14-31(15-17-32)13-12-22-5-2-6-23(19-22)30-28(33)20-24-7-4-18-34-24/h2-11,18-19H,12-17,20H2,1H3,(H,30,33). The number of hydrogen-bond acceptors (Lipinski definition) is 5. The van der Waals surface area contributed by atoms with Crippen LogP contribution in [0.3, 0.4) is 0 Å². The lowest BCUT2D eigenvalue weighted by Crippen LogP contribution is -2.47. The SMILES string of the molecule is Cc1ccc2c(N3CCN(CCc4cccc(NC(=O)Cc5cccs5)c4)CC3)cccc2n1. The van der Waals surface area contributed by atoms with Gasteiger partial charge < -0.3 is 10.2 Å². The van der Waals surface area contributed by atoms with E-state index in [0.717, 1.165) is 60.9 Å². The maximum atomic E-state index is 12.3. The fourth-order valence-electron chi connectivity index (χ4n) is 4.60. The van der Waals surface area contributed by atoms with Gasteiger partial charge in [0.2, 0.25) is 5.91 Å². The Bertz CT molecular complexity index is 1260. The topological polar surface area (TPSA) is 48.5 Å². The second-order valence-corrected chi connectivity index (χ2v) is 9.91. The second-order valence-electron chi connectivity index (χ2n) is 8.88. The van der Waals surface area contributed by atoms with Crippen molar-refractivity contribution in [2.24, 2.45) is 0 Å². The van der Waals surface area contributed by atoms with Gasteiger partial charge in [-0.3, -0.25) is 14.7 Å². The lowest BCUT2D eigenvalue weighted by atomic mass is 10.1. The van der Waals surface area contributed by atoms with Gasteiger partial charge in [0, 0.05) is 60.1 Å². The lowest BCUT2D eigenvalue weighted by Gasteiger charge is -2.36. The molecule has 0 radical (unpaired) electrons. The number of aromatic nitrogens is 1. The molecule has 1 saturated heterocycles. The van der Waals surface area contributed by atoms with Crippen molar-refractivity contribution in [3.63, 3.8) is 0 Å². The number of carbonyl (C=O) groups excluding carboxylic acids is 1. The van der Waals surface area contributed by atoms with Crippen LogP contribution < -0.4 is 10.2 Å². The predicted octanol–water partition coefficient (Wildman–Crippen LogP) is 5.15. The van der Waals surface area contributed by atoms with Crippen molar-refractivity contribution < 1.29 is 4.79 Å². The van der Waals surface area contributed by atoms with Crippen LogP contribution in [0.5, 0.6) is 0 Å². The summed E-state index contributed by atoms with van der Waals surface area (Å²) in [7, 11) is 0. The highest BCUT2D eigenvalue weighted by Crippen LogP contribution is 2.27. The first-order chi connectivity index (χ1) is 16.6. The summed E-state index contributed by atoms with van der Waals surface area (Å²) >= 11 is 1.62. The first-order valence-electron chi connectivity index (χ1n) is 11.9. The predicted molar refractivity (Wildman–Crippen MR) is 142 cm³/mol. The van der Waals surface area contributed by atoms with E-state index < -0.39 is 0 Å². The molecule has 0 atom stereocenters. The molecule has 6 heteroatoms. The van der Waals surface area contributed by atoms with E-state index in [1.165, 1.54) is 16.6 Å². The number of aryl methyl sites for hydroxylation is 1. The van der Waals surface area contributed by atoms with Gasteiger partial charge in [0.05, 0.1) is 11.9 Å². The van der Waals surface area contributed by atoms with Crippen molar-refractivity contribution in [1.29, 1.82) is 0 Å². The molecule has 0 bridgehead atoms. The van der Waals surface area contributed by atoms with Gasteiger partial charge in [0.25, 0.3) is 0 Å². The quantitative estimate of drug-likeness (QED) is 0.406. The van der Waals surface area contributed by atoms with E-state index in [9.17, 15) is 4.79 Å². The van der Waals surface area contributed by atoms with E-state index in [0.29, 0.717) is 6.42 Å². The van der Waals surface area contributed by atoms with Gasteiger partial charge in [0.15, 0.2) is 0 Å². The normalized spacial score (nSPS) is 14.4. The van der Waals surface area contributed by atoms with E-state index in [4.69, 9.17) is 0 Å². The number of hydrogen-bond donors (Lipinski definition) is 1. The summed E-state index contributed by atoms with van der Waals surface area (Å²) in [6, 6.07) is 23.0. The Morgan fingerprint density at radius 3 is 2.68 bits per heavy atom. The van der Waals surface area contributed by atoms with Crippen LogP contribution in [-0.4, -0.2) is 48.5 Å². The number of nitrogens with one attached hydrogen (secondary N) is 1. The summed E-state index contributed by atoms with van der Waals surface area (Å²) in [5.74, 6) is 0.0366. The number of pyridine rings is 1. The largest absolute Gasteiger partial charge is 0.368 e. The number of fused-ring (bicyclic) bond motifs is 1. The molecule has 2 aromatic carbocycles. The van der Waals surface area contributed by atoms with Crippen LogP contribution in [0, 0.1) is 6.92 Å². The highest BCUT2D eigenvalue weighted by Gasteiger charge is 2.19. The third-order valence-electron chi connectivity index (χ3n) is 6.40. The smallest absolute Gasteiger partial charge is 0.229 e. The molecular weight excluding hydrogens is 440 g/mol. The molecule has 34 heavy (non-hydrogen) atoms. The number of rotatable bonds is 7. The van der Waals surface area contributed by atoms with Crippen LogP contribution in [0.2, 0.25) is 0 Å². The number of anilines is 2. The fourth-order valence-corrected chi connectivity index (χ4v) is 5.30. The summed E-state index contributed by atoms with van der Waals surface area (Å²) < 4.78 is 0. The highest BCUT2D eigenvalue weighted by atomic mass is 32.1. The second kappa shape index (κ2) is 10.4. The van der Waals surface area contributed by atoms with Gasteiger partial charge in [-0.15, -0.1) is 11.3 Å². The van der Waals surface area contributed by atoms with Gasteiger partial charge >= 0.3 is 0 Å². The summed E-state index contributed by atoms with van der Waals surface area (Å²) in [5, 5.41) is 6.28. The van der Waals surface area contributed by atoms with Gasteiger partial charge in [0.1, 0.15) is 0 Å². The van der Waals surface area contributed by atoms with E-state index in [1.54, 1.807) is 11.3 Å². The molecule has 3 heterocycles. The van der Waals surface area contributed by atoms with Crippen molar-refractivity contribution in [2.75, 3.05) is 42.9 Å². The van der Waals surface area contributed by atoms with Gasteiger partial charge in [-0.2, -0.15) is 0 Å². The Morgan fingerprint density at radius 2 is 1.85 bits per heavy atom. The summed E-state index contributed by atoms with van der Waals surface area (Å²) in [4.78, 5) is 23.1. The van der Waals surface area contributed by atoms with Crippen LogP contribution in [-0.2, 0) is 17.6 Å². The van der Waals surface area contributed by atoms with E-state index >= 15 is 0 Å². The van der Waals surface area contributed by atoms with Gasteiger partial charge in [-0.1, -0.05) is 24.3 Å². The molecule has 0 unspecified atom stereocenters. The first-order valence-corrected chi connectivity index (χ1v) is 12.8. The summed E-state index contributed by atoms with van der Waals surface area (Å²) in [6.07, 6.45) is 1.41. The molecule has 4 aromatic rings. The van der Waals surface area contributed by atoms with Crippen molar-refractivity contribution in [2.45, 2.75) is 19.8 Å². The van der Waals surface area contributed by atoms with Crippen molar-refractivity contribution >= 4 is 39.5 Å². The van der Waals surface area contributed by atoms with Crippen LogP contribution in [0.1, 0.15) is 16.1 Å². The van der Waals surface area contributed by atoms with Crippen molar-refractivity contribution in [3.05, 3.63) is 88.2 Å².